The Hall–Kier alpha value is -1.10. The average molecular weight is 560 g/mol. The molecule has 31 heavy (non-hydrogen) atoms. The molecule has 0 spiro atoms. The van der Waals surface area contributed by atoms with Gasteiger partial charge in [-0.25, -0.2) is 4.99 Å². The van der Waals surface area contributed by atoms with Crippen molar-refractivity contribution in [3.63, 3.8) is 0 Å². The molecule has 4 rings (SSSR count). The lowest BCUT2D eigenvalue weighted by Crippen LogP contribution is -2.47. The normalized spacial score (nSPS) is 20.5. The van der Waals surface area contributed by atoms with Crippen molar-refractivity contribution in [2.24, 2.45) is 4.99 Å². The summed E-state index contributed by atoms with van der Waals surface area (Å²) in [5, 5.41) is 5.65. The molecule has 2 aliphatic rings. The number of aliphatic imine (C=N–C) groups is 1. The van der Waals surface area contributed by atoms with Crippen molar-refractivity contribution in [1.29, 1.82) is 0 Å². The molecular weight excluding hydrogens is 525 g/mol. The summed E-state index contributed by atoms with van der Waals surface area (Å²) in [6, 6.07) is 8.17. The van der Waals surface area contributed by atoms with Gasteiger partial charge in [-0.1, -0.05) is 6.07 Å². The Morgan fingerprint density at radius 2 is 2.10 bits per heavy atom. The second kappa shape index (κ2) is 13.4. The van der Waals surface area contributed by atoms with E-state index < -0.39 is 0 Å². The SMILES string of the molecule is I.c1coc(CCNC(=NCc2cccs2)N2CCC(OCC3CCCCO3)CC2)c1. The van der Waals surface area contributed by atoms with Gasteiger partial charge in [-0.15, -0.1) is 35.3 Å². The number of rotatable bonds is 8. The molecule has 172 valence electrons. The van der Waals surface area contributed by atoms with Gasteiger partial charge in [0.2, 0.25) is 0 Å². The lowest BCUT2D eigenvalue weighted by Gasteiger charge is -2.35. The van der Waals surface area contributed by atoms with E-state index in [1.54, 1.807) is 17.6 Å². The highest BCUT2D eigenvalue weighted by Crippen LogP contribution is 2.18. The fourth-order valence-electron chi connectivity index (χ4n) is 3.99. The summed E-state index contributed by atoms with van der Waals surface area (Å²) in [7, 11) is 0. The summed E-state index contributed by atoms with van der Waals surface area (Å²) < 4.78 is 17.4. The number of nitrogens with one attached hydrogen (secondary N) is 1. The molecule has 1 N–H and O–H groups in total. The smallest absolute Gasteiger partial charge is 0.194 e. The van der Waals surface area contributed by atoms with Crippen LogP contribution in [0.4, 0.5) is 0 Å². The summed E-state index contributed by atoms with van der Waals surface area (Å²) in [5.41, 5.74) is 0. The zero-order chi connectivity index (χ0) is 20.4. The zero-order valence-electron chi connectivity index (χ0n) is 18.0. The Balaban J connectivity index is 0.00000272. The van der Waals surface area contributed by atoms with E-state index in [1.807, 2.05) is 12.1 Å². The third kappa shape index (κ3) is 8.07. The number of hydrogen-bond donors (Lipinski definition) is 1. The Bertz CT molecular complexity index is 740. The standard InChI is InChI=1S/C23H33N3O3S.HI/c1-2-14-28-21(5-1)18-29-20-9-12-26(13-10-20)23(25-17-22-7-4-16-30-22)24-11-8-19-6-3-15-27-19;/h3-4,6-7,15-16,20-21H,1-2,5,8-14,17-18H2,(H,24,25);1H. The van der Waals surface area contributed by atoms with Crippen molar-refractivity contribution in [1.82, 2.24) is 10.2 Å². The number of nitrogens with zero attached hydrogens (tertiary/aromatic N) is 2. The fraction of sp³-hybridized carbons (Fsp3) is 0.609. The van der Waals surface area contributed by atoms with Crippen LogP contribution in [-0.4, -0.2) is 55.9 Å². The largest absolute Gasteiger partial charge is 0.469 e. The van der Waals surface area contributed by atoms with E-state index in [0.29, 0.717) is 12.2 Å². The maximum absolute atomic E-state index is 6.18. The summed E-state index contributed by atoms with van der Waals surface area (Å²) in [6.07, 6.45) is 8.86. The van der Waals surface area contributed by atoms with E-state index in [-0.39, 0.29) is 24.0 Å². The van der Waals surface area contributed by atoms with Gasteiger partial charge in [-0.3, -0.25) is 0 Å². The topological polar surface area (TPSA) is 59.2 Å². The molecule has 0 amide bonds. The molecule has 0 saturated carbocycles. The molecule has 0 bridgehead atoms. The number of ether oxygens (including phenoxy) is 2. The van der Waals surface area contributed by atoms with Crippen LogP contribution in [0.5, 0.6) is 0 Å². The van der Waals surface area contributed by atoms with Crippen LogP contribution < -0.4 is 5.32 Å². The van der Waals surface area contributed by atoms with Crippen molar-refractivity contribution in [3.05, 3.63) is 46.5 Å². The van der Waals surface area contributed by atoms with Crippen molar-refractivity contribution in [3.8, 4) is 0 Å². The number of furan rings is 1. The molecular formula is C23H34IN3O3S. The highest BCUT2D eigenvalue weighted by atomic mass is 127. The van der Waals surface area contributed by atoms with E-state index in [1.165, 1.54) is 17.7 Å². The maximum Gasteiger partial charge on any atom is 0.194 e. The minimum Gasteiger partial charge on any atom is -0.469 e. The molecule has 2 aliphatic heterocycles. The average Bonchev–Trinajstić information content (AvgIpc) is 3.50. The molecule has 2 fully saturated rings. The first-order chi connectivity index (χ1) is 14.9. The summed E-state index contributed by atoms with van der Waals surface area (Å²) in [5.74, 6) is 1.99. The molecule has 0 aliphatic carbocycles. The van der Waals surface area contributed by atoms with Crippen LogP contribution in [0.15, 0.2) is 45.3 Å². The lowest BCUT2D eigenvalue weighted by molar-refractivity contribution is -0.0721. The van der Waals surface area contributed by atoms with Gasteiger partial charge in [0.1, 0.15) is 5.76 Å². The number of guanidine groups is 1. The monoisotopic (exact) mass is 559 g/mol. The minimum atomic E-state index is 0. The molecule has 2 aromatic heterocycles. The van der Waals surface area contributed by atoms with Crippen molar-refractivity contribution in [2.45, 2.75) is 57.3 Å². The van der Waals surface area contributed by atoms with Gasteiger partial charge in [0.05, 0.1) is 31.6 Å². The third-order valence-corrected chi connectivity index (χ3v) is 6.59. The summed E-state index contributed by atoms with van der Waals surface area (Å²) in [6.45, 7) is 5.09. The number of likely N-dealkylation sites (tertiary alicyclic amines) is 1. The van der Waals surface area contributed by atoms with E-state index in [0.717, 1.165) is 76.8 Å². The summed E-state index contributed by atoms with van der Waals surface area (Å²) in [4.78, 5) is 8.55. The van der Waals surface area contributed by atoms with E-state index in [9.17, 15) is 0 Å². The molecule has 6 nitrogen and oxygen atoms in total. The van der Waals surface area contributed by atoms with Crippen LogP contribution >= 0.6 is 35.3 Å². The quantitative estimate of drug-likeness (QED) is 0.289. The van der Waals surface area contributed by atoms with Crippen LogP contribution in [0.2, 0.25) is 0 Å². The fourth-order valence-corrected chi connectivity index (χ4v) is 4.62. The second-order valence-electron chi connectivity index (χ2n) is 7.98. The molecule has 4 heterocycles. The van der Waals surface area contributed by atoms with E-state index >= 15 is 0 Å². The maximum atomic E-state index is 6.18. The Morgan fingerprint density at radius 3 is 2.81 bits per heavy atom. The lowest BCUT2D eigenvalue weighted by atomic mass is 10.1. The number of hydrogen-bond acceptors (Lipinski definition) is 5. The van der Waals surface area contributed by atoms with Crippen LogP contribution in [0.3, 0.4) is 0 Å². The number of halogens is 1. The highest BCUT2D eigenvalue weighted by Gasteiger charge is 2.24. The molecule has 8 heteroatoms. The molecule has 1 unspecified atom stereocenters. The highest BCUT2D eigenvalue weighted by molar-refractivity contribution is 14.0. The van der Waals surface area contributed by atoms with Gasteiger partial charge in [0, 0.05) is 37.5 Å². The number of thiophene rings is 1. The Labute approximate surface area is 206 Å². The molecule has 0 radical (unpaired) electrons. The predicted octanol–water partition coefficient (Wildman–Crippen LogP) is 4.70. The first-order valence-corrected chi connectivity index (χ1v) is 12.1. The van der Waals surface area contributed by atoms with Crippen molar-refractivity contribution < 1.29 is 13.9 Å². The van der Waals surface area contributed by atoms with Gasteiger partial charge in [-0.2, -0.15) is 0 Å². The van der Waals surface area contributed by atoms with Crippen LogP contribution in [0, 0.1) is 0 Å². The first-order valence-electron chi connectivity index (χ1n) is 11.2. The predicted molar refractivity (Wildman–Crippen MR) is 135 cm³/mol. The van der Waals surface area contributed by atoms with Crippen molar-refractivity contribution >= 4 is 41.3 Å². The minimum absolute atomic E-state index is 0. The van der Waals surface area contributed by atoms with Gasteiger partial charge in [-0.05, 0) is 55.7 Å². The second-order valence-corrected chi connectivity index (χ2v) is 9.02. The third-order valence-electron chi connectivity index (χ3n) is 5.73. The van der Waals surface area contributed by atoms with Gasteiger partial charge in [0.25, 0.3) is 0 Å². The molecule has 1 atom stereocenters. The summed E-state index contributed by atoms with van der Waals surface area (Å²) >= 11 is 1.75. The molecule has 2 saturated heterocycles. The van der Waals surface area contributed by atoms with E-state index in [2.05, 4.69) is 27.7 Å². The van der Waals surface area contributed by atoms with Gasteiger partial charge < -0.3 is 24.1 Å². The molecule has 0 aromatic carbocycles. The Morgan fingerprint density at radius 1 is 1.19 bits per heavy atom. The van der Waals surface area contributed by atoms with Crippen LogP contribution in [0.1, 0.15) is 42.7 Å². The van der Waals surface area contributed by atoms with Gasteiger partial charge >= 0.3 is 0 Å². The van der Waals surface area contributed by atoms with Gasteiger partial charge in [0.15, 0.2) is 5.96 Å². The van der Waals surface area contributed by atoms with Crippen LogP contribution in [-0.2, 0) is 22.4 Å². The first kappa shape index (κ1) is 24.5. The molecule has 2 aromatic rings. The number of piperidine rings is 1. The zero-order valence-corrected chi connectivity index (χ0v) is 21.2. The van der Waals surface area contributed by atoms with E-state index in [4.69, 9.17) is 18.9 Å². The Kier molecular flexibility index (Phi) is 10.6. The van der Waals surface area contributed by atoms with Crippen molar-refractivity contribution in [2.75, 3.05) is 32.8 Å². The van der Waals surface area contributed by atoms with Crippen LogP contribution in [0.25, 0.3) is 0 Å².